The molecule has 1 heterocycles. The van der Waals surface area contributed by atoms with Crippen LogP contribution in [0.1, 0.15) is 49.4 Å². The van der Waals surface area contributed by atoms with Crippen molar-refractivity contribution >= 4 is 5.91 Å². The van der Waals surface area contributed by atoms with Crippen LogP contribution in [0.5, 0.6) is 5.75 Å². The molecule has 0 aromatic heterocycles. The van der Waals surface area contributed by atoms with Gasteiger partial charge in [-0.05, 0) is 50.3 Å². The van der Waals surface area contributed by atoms with E-state index in [1.807, 2.05) is 29.2 Å². The maximum Gasteiger partial charge on any atom is 0.254 e. The van der Waals surface area contributed by atoms with Crippen molar-refractivity contribution in [2.45, 2.75) is 51.2 Å². The van der Waals surface area contributed by atoms with Crippen molar-refractivity contribution in [2.24, 2.45) is 0 Å². The van der Waals surface area contributed by atoms with Crippen molar-refractivity contribution in [3.05, 3.63) is 29.8 Å². The lowest BCUT2D eigenvalue weighted by atomic mass is 10.1. The molecule has 0 spiro atoms. The largest absolute Gasteiger partial charge is 0.490 e. The number of ether oxygens (including phenoxy) is 1. The van der Waals surface area contributed by atoms with Crippen LogP contribution in [0.4, 0.5) is 0 Å². The van der Waals surface area contributed by atoms with Gasteiger partial charge in [-0.25, -0.2) is 0 Å². The lowest BCUT2D eigenvalue weighted by molar-refractivity contribution is 0.0472. The summed E-state index contributed by atoms with van der Waals surface area (Å²) in [6, 6.07) is 7.82. The molecule has 0 bridgehead atoms. The maximum atomic E-state index is 12.8. The van der Waals surface area contributed by atoms with E-state index in [1.54, 1.807) is 0 Å². The summed E-state index contributed by atoms with van der Waals surface area (Å²) in [4.78, 5) is 17.0. The van der Waals surface area contributed by atoms with Crippen LogP contribution in [0.25, 0.3) is 0 Å². The van der Waals surface area contributed by atoms with Gasteiger partial charge in [-0.2, -0.15) is 0 Å². The van der Waals surface area contributed by atoms with Crippen LogP contribution >= 0.6 is 0 Å². The van der Waals surface area contributed by atoms with E-state index >= 15 is 0 Å². The van der Waals surface area contributed by atoms with Crippen LogP contribution in [0.3, 0.4) is 0 Å². The molecule has 138 valence electrons. The third-order valence-electron chi connectivity index (χ3n) is 5.49. The van der Waals surface area contributed by atoms with E-state index in [2.05, 4.69) is 11.8 Å². The Balaban J connectivity index is 1.58. The summed E-state index contributed by atoms with van der Waals surface area (Å²) >= 11 is 0. The molecule has 1 atom stereocenters. The van der Waals surface area contributed by atoms with Gasteiger partial charge in [0.2, 0.25) is 0 Å². The molecule has 1 saturated heterocycles. The highest BCUT2D eigenvalue weighted by Gasteiger charge is 2.26. The highest BCUT2D eigenvalue weighted by molar-refractivity contribution is 5.94. The van der Waals surface area contributed by atoms with Crippen LogP contribution in [-0.2, 0) is 0 Å². The standard InChI is InChI=1S/C20H30N2O3/c1-2-17(15-23)21-10-12-22(13-11-21)20(24)16-6-5-9-19(14-16)25-18-7-3-4-8-18/h5-6,9,14,17-18,23H,2-4,7-8,10-13,15H2,1H3. The summed E-state index contributed by atoms with van der Waals surface area (Å²) in [5, 5.41) is 9.44. The van der Waals surface area contributed by atoms with Crippen molar-refractivity contribution in [1.29, 1.82) is 0 Å². The molecule has 1 aromatic carbocycles. The lowest BCUT2D eigenvalue weighted by Crippen LogP contribution is -2.52. The first-order chi connectivity index (χ1) is 12.2. The number of hydrogen-bond donors (Lipinski definition) is 1. The molecule has 1 aromatic rings. The average molecular weight is 346 g/mol. The number of piperazine rings is 1. The monoisotopic (exact) mass is 346 g/mol. The Morgan fingerprint density at radius 3 is 2.60 bits per heavy atom. The Kier molecular flexibility index (Phi) is 6.32. The first kappa shape index (κ1) is 18.2. The predicted octanol–water partition coefficient (Wildman–Crippen LogP) is 2.54. The van der Waals surface area contributed by atoms with Crippen LogP contribution in [-0.4, -0.2) is 65.7 Å². The SMILES string of the molecule is CCC(CO)N1CCN(C(=O)c2cccc(OC3CCCC3)c2)CC1. The smallest absolute Gasteiger partial charge is 0.254 e. The first-order valence-corrected chi connectivity index (χ1v) is 9.62. The molecule has 2 aliphatic rings. The zero-order valence-corrected chi connectivity index (χ0v) is 15.2. The lowest BCUT2D eigenvalue weighted by Gasteiger charge is -2.38. The van der Waals surface area contributed by atoms with Crippen LogP contribution < -0.4 is 4.74 Å². The van der Waals surface area contributed by atoms with E-state index in [9.17, 15) is 9.90 Å². The maximum absolute atomic E-state index is 12.8. The van der Waals surface area contributed by atoms with E-state index in [1.165, 1.54) is 12.8 Å². The minimum Gasteiger partial charge on any atom is -0.490 e. The minimum absolute atomic E-state index is 0.0774. The van der Waals surface area contributed by atoms with Crippen LogP contribution in [0.2, 0.25) is 0 Å². The van der Waals surface area contributed by atoms with E-state index in [0.717, 1.165) is 38.1 Å². The molecule has 25 heavy (non-hydrogen) atoms. The number of carbonyl (C=O) groups is 1. The van der Waals surface area contributed by atoms with Crippen molar-refractivity contribution < 1.29 is 14.6 Å². The number of benzene rings is 1. The molecule has 1 aliphatic carbocycles. The average Bonchev–Trinajstić information content (AvgIpc) is 3.16. The zero-order chi connectivity index (χ0) is 17.6. The summed E-state index contributed by atoms with van der Waals surface area (Å²) in [7, 11) is 0. The summed E-state index contributed by atoms with van der Waals surface area (Å²) in [6.07, 6.45) is 5.94. The molecule has 2 fully saturated rings. The zero-order valence-electron chi connectivity index (χ0n) is 15.2. The molecule has 1 N–H and O–H groups in total. The second kappa shape index (κ2) is 8.68. The molecule has 5 nitrogen and oxygen atoms in total. The number of carbonyl (C=O) groups excluding carboxylic acids is 1. The van der Waals surface area contributed by atoms with Crippen molar-refractivity contribution in [2.75, 3.05) is 32.8 Å². The minimum atomic E-state index is 0.0774. The van der Waals surface area contributed by atoms with Gasteiger partial charge in [-0.1, -0.05) is 13.0 Å². The van der Waals surface area contributed by atoms with Gasteiger partial charge in [0.15, 0.2) is 0 Å². The Hall–Kier alpha value is -1.59. The normalized spacial score (nSPS) is 20.6. The molecule has 1 unspecified atom stereocenters. The fourth-order valence-electron chi connectivity index (χ4n) is 3.88. The van der Waals surface area contributed by atoms with Crippen LogP contribution in [0.15, 0.2) is 24.3 Å². The molecule has 3 rings (SSSR count). The van der Waals surface area contributed by atoms with Gasteiger partial charge >= 0.3 is 0 Å². The second-order valence-corrected chi connectivity index (χ2v) is 7.12. The molecule has 1 amide bonds. The molecular formula is C20H30N2O3. The highest BCUT2D eigenvalue weighted by atomic mass is 16.5. The predicted molar refractivity (Wildman–Crippen MR) is 98.0 cm³/mol. The quantitative estimate of drug-likeness (QED) is 0.860. The van der Waals surface area contributed by atoms with Crippen molar-refractivity contribution in [3.63, 3.8) is 0 Å². The van der Waals surface area contributed by atoms with Gasteiger partial charge in [0.1, 0.15) is 5.75 Å². The fraction of sp³-hybridized carbons (Fsp3) is 0.650. The van der Waals surface area contributed by atoms with Crippen molar-refractivity contribution in [3.8, 4) is 5.75 Å². The van der Waals surface area contributed by atoms with Crippen LogP contribution in [0, 0.1) is 0 Å². The molecule has 5 heteroatoms. The number of rotatable bonds is 6. The third-order valence-corrected chi connectivity index (χ3v) is 5.49. The van der Waals surface area contributed by atoms with Gasteiger partial charge in [0.25, 0.3) is 5.91 Å². The van der Waals surface area contributed by atoms with Gasteiger partial charge in [0, 0.05) is 37.8 Å². The van der Waals surface area contributed by atoms with E-state index in [-0.39, 0.29) is 18.6 Å². The number of aliphatic hydroxyl groups excluding tert-OH is 1. The van der Waals surface area contributed by atoms with E-state index in [4.69, 9.17) is 4.74 Å². The van der Waals surface area contributed by atoms with Gasteiger partial charge in [-0.3, -0.25) is 9.69 Å². The molecule has 0 radical (unpaired) electrons. The van der Waals surface area contributed by atoms with E-state index < -0.39 is 0 Å². The first-order valence-electron chi connectivity index (χ1n) is 9.62. The summed E-state index contributed by atoms with van der Waals surface area (Å²) in [5.41, 5.74) is 0.707. The molecular weight excluding hydrogens is 316 g/mol. The third kappa shape index (κ3) is 4.53. The Morgan fingerprint density at radius 1 is 1.24 bits per heavy atom. The second-order valence-electron chi connectivity index (χ2n) is 7.12. The number of hydrogen-bond acceptors (Lipinski definition) is 4. The summed E-state index contributed by atoms with van der Waals surface area (Å²) in [6.45, 7) is 5.34. The fourth-order valence-corrected chi connectivity index (χ4v) is 3.88. The Bertz CT molecular complexity index is 560. The van der Waals surface area contributed by atoms with Gasteiger partial charge in [-0.15, -0.1) is 0 Å². The summed E-state index contributed by atoms with van der Waals surface area (Å²) < 4.78 is 6.02. The topological polar surface area (TPSA) is 53.0 Å². The number of amides is 1. The number of nitrogens with zero attached hydrogens (tertiary/aromatic N) is 2. The number of aliphatic hydroxyl groups is 1. The Labute approximate surface area is 150 Å². The Morgan fingerprint density at radius 2 is 1.96 bits per heavy atom. The van der Waals surface area contributed by atoms with Gasteiger partial charge in [0.05, 0.1) is 12.7 Å². The van der Waals surface area contributed by atoms with Crippen molar-refractivity contribution in [1.82, 2.24) is 9.80 Å². The molecule has 1 saturated carbocycles. The molecule has 1 aliphatic heterocycles. The van der Waals surface area contributed by atoms with E-state index in [0.29, 0.717) is 24.8 Å². The summed E-state index contributed by atoms with van der Waals surface area (Å²) in [5.74, 6) is 0.885. The van der Waals surface area contributed by atoms with Gasteiger partial charge < -0.3 is 14.7 Å². The highest BCUT2D eigenvalue weighted by Crippen LogP contribution is 2.25.